The Morgan fingerprint density at radius 3 is 2.43 bits per heavy atom. The van der Waals surface area contributed by atoms with Gasteiger partial charge in [-0.15, -0.1) is 0 Å². The van der Waals surface area contributed by atoms with E-state index in [1.54, 1.807) is 26.4 Å². The van der Waals surface area contributed by atoms with Crippen molar-refractivity contribution in [2.45, 2.75) is 19.4 Å². The average molecular weight is 402 g/mol. The van der Waals surface area contributed by atoms with Crippen LogP contribution in [0.15, 0.2) is 66.7 Å². The average Bonchev–Trinajstić information content (AvgIpc) is 2.78. The Labute approximate surface area is 177 Å². The van der Waals surface area contributed by atoms with Crippen LogP contribution in [0.3, 0.4) is 0 Å². The molecule has 1 heterocycles. The van der Waals surface area contributed by atoms with Gasteiger partial charge in [0.15, 0.2) is 11.5 Å². The lowest BCUT2D eigenvalue weighted by Crippen LogP contribution is -2.43. The fourth-order valence-electron chi connectivity index (χ4n) is 4.00. The molecule has 0 spiro atoms. The molecule has 0 saturated heterocycles. The lowest BCUT2D eigenvalue weighted by atomic mass is 9.88. The zero-order chi connectivity index (χ0) is 21.1. The molecule has 0 fully saturated rings. The monoisotopic (exact) mass is 402 g/mol. The van der Waals surface area contributed by atoms with E-state index in [1.165, 1.54) is 16.7 Å². The Bertz CT molecular complexity index is 1050. The van der Waals surface area contributed by atoms with Gasteiger partial charge in [-0.2, -0.15) is 0 Å². The van der Waals surface area contributed by atoms with Crippen LogP contribution in [0, 0.1) is 6.92 Å². The fourth-order valence-corrected chi connectivity index (χ4v) is 4.00. The van der Waals surface area contributed by atoms with Crippen molar-refractivity contribution in [2.75, 3.05) is 26.1 Å². The predicted octanol–water partition coefficient (Wildman–Crippen LogP) is 5.19. The highest BCUT2D eigenvalue weighted by atomic mass is 16.5. The molecule has 4 rings (SSSR count). The van der Waals surface area contributed by atoms with Crippen LogP contribution in [0.2, 0.25) is 0 Å². The van der Waals surface area contributed by atoms with E-state index in [0.29, 0.717) is 23.7 Å². The number of rotatable bonds is 4. The van der Waals surface area contributed by atoms with Crippen molar-refractivity contribution in [3.05, 3.63) is 89.0 Å². The van der Waals surface area contributed by atoms with Crippen molar-refractivity contribution in [1.29, 1.82) is 0 Å². The van der Waals surface area contributed by atoms with Crippen molar-refractivity contribution in [2.24, 2.45) is 0 Å². The zero-order valence-electron chi connectivity index (χ0n) is 17.5. The van der Waals surface area contributed by atoms with Gasteiger partial charge in [-0.25, -0.2) is 4.79 Å². The summed E-state index contributed by atoms with van der Waals surface area (Å²) in [5.41, 5.74) is 5.44. The third-order valence-corrected chi connectivity index (χ3v) is 5.57. The largest absolute Gasteiger partial charge is 0.493 e. The highest BCUT2D eigenvalue weighted by molar-refractivity contribution is 5.90. The van der Waals surface area contributed by atoms with E-state index in [4.69, 9.17) is 9.47 Å². The number of nitrogens with one attached hydrogen (secondary N) is 1. The van der Waals surface area contributed by atoms with Gasteiger partial charge in [-0.05, 0) is 42.2 Å². The molecule has 1 aliphatic rings. The van der Waals surface area contributed by atoms with E-state index >= 15 is 0 Å². The van der Waals surface area contributed by atoms with Crippen LogP contribution >= 0.6 is 0 Å². The molecule has 5 heteroatoms. The minimum absolute atomic E-state index is 0.129. The van der Waals surface area contributed by atoms with E-state index in [0.717, 1.165) is 12.0 Å². The number of ether oxygens (including phenoxy) is 2. The topological polar surface area (TPSA) is 50.8 Å². The summed E-state index contributed by atoms with van der Waals surface area (Å²) in [7, 11) is 3.17. The summed E-state index contributed by atoms with van der Waals surface area (Å²) in [5, 5.41) is 3.03. The first-order valence-corrected chi connectivity index (χ1v) is 10.0. The molecule has 0 bridgehead atoms. The number of amides is 2. The molecule has 30 heavy (non-hydrogen) atoms. The molecule has 0 aliphatic carbocycles. The van der Waals surface area contributed by atoms with Crippen LogP contribution in [-0.4, -0.2) is 31.7 Å². The molecule has 3 aromatic rings. The predicted molar refractivity (Wildman–Crippen MR) is 118 cm³/mol. The van der Waals surface area contributed by atoms with Gasteiger partial charge in [0.25, 0.3) is 0 Å². The molecule has 1 N–H and O–H groups in total. The highest BCUT2D eigenvalue weighted by Gasteiger charge is 2.32. The normalized spacial score (nSPS) is 15.3. The molecule has 0 radical (unpaired) electrons. The summed E-state index contributed by atoms with van der Waals surface area (Å²) in [6.45, 7) is 2.72. The van der Waals surface area contributed by atoms with Gasteiger partial charge in [0, 0.05) is 18.3 Å². The molecule has 1 atom stereocenters. The van der Waals surface area contributed by atoms with Crippen molar-refractivity contribution in [1.82, 2.24) is 4.90 Å². The minimum Gasteiger partial charge on any atom is -0.493 e. The maximum absolute atomic E-state index is 13.3. The molecule has 5 nitrogen and oxygen atoms in total. The number of urea groups is 1. The smallest absolute Gasteiger partial charge is 0.322 e. The maximum Gasteiger partial charge on any atom is 0.322 e. The number of nitrogens with zero attached hydrogens (tertiary/aromatic N) is 1. The Kier molecular flexibility index (Phi) is 5.61. The summed E-state index contributed by atoms with van der Waals surface area (Å²) >= 11 is 0. The molecule has 1 aliphatic heterocycles. The molecule has 2 amide bonds. The van der Waals surface area contributed by atoms with Crippen LogP contribution in [-0.2, 0) is 6.42 Å². The number of carbonyl (C=O) groups excluding carboxylic acids is 1. The summed E-state index contributed by atoms with van der Waals surface area (Å²) in [6.07, 6.45) is 0.831. The van der Waals surface area contributed by atoms with Crippen LogP contribution < -0.4 is 14.8 Å². The SMILES string of the molecule is COc1ccc(NC(=O)N2CCc3ccccc3[C@H]2c2ccc(C)cc2)cc1OC. The second-order valence-electron chi connectivity index (χ2n) is 7.46. The van der Waals surface area contributed by atoms with E-state index in [1.807, 2.05) is 17.0 Å². The van der Waals surface area contributed by atoms with Crippen molar-refractivity contribution in [3.8, 4) is 11.5 Å². The molecular formula is C25H26N2O3. The van der Waals surface area contributed by atoms with Gasteiger partial charge in [0.2, 0.25) is 0 Å². The molecule has 154 valence electrons. The number of benzene rings is 3. The number of anilines is 1. The Morgan fingerprint density at radius 1 is 0.967 bits per heavy atom. The second-order valence-corrected chi connectivity index (χ2v) is 7.46. The number of carbonyl (C=O) groups is 1. The van der Waals surface area contributed by atoms with Gasteiger partial charge in [-0.3, -0.25) is 0 Å². The maximum atomic E-state index is 13.3. The summed E-state index contributed by atoms with van der Waals surface area (Å²) in [4.78, 5) is 15.2. The molecule has 3 aromatic carbocycles. The van der Waals surface area contributed by atoms with Gasteiger partial charge in [-0.1, -0.05) is 54.1 Å². The van der Waals surface area contributed by atoms with Crippen molar-refractivity contribution < 1.29 is 14.3 Å². The molecule has 0 aromatic heterocycles. The van der Waals surface area contributed by atoms with E-state index in [9.17, 15) is 4.79 Å². The Balaban J connectivity index is 1.66. The zero-order valence-corrected chi connectivity index (χ0v) is 17.5. The first-order valence-electron chi connectivity index (χ1n) is 10.0. The quantitative estimate of drug-likeness (QED) is 0.653. The van der Waals surface area contributed by atoms with Gasteiger partial charge in [0.05, 0.1) is 20.3 Å². The van der Waals surface area contributed by atoms with Crippen LogP contribution in [0.25, 0.3) is 0 Å². The van der Waals surface area contributed by atoms with Crippen molar-refractivity contribution in [3.63, 3.8) is 0 Å². The third kappa shape index (κ3) is 3.83. The minimum atomic E-state index is -0.137. The number of fused-ring (bicyclic) bond motifs is 1. The molecule has 0 saturated carbocycles. The standard InChI is InChI=1S/C25H26N2O3/c1-17-8-10-19(11-9-17)24-21-7-5-4-6-18(21)14-15-27(24)25(28)26-20-12-13-22(29-2)23(16-20)30-3/h4-13,16,24H,14-15H2,1-3H3,(H,26,28)/t24-/m1/s1. The lowest BCUT2D eigenvalue weighted by Gasteiger charge is -2.37. The van der Waals surface area contributed by atoms with Gasteiger partial charge >= 0.3 is 6.03 Å². The number of aryl methyl sites for hydroxylation is 1. The fraction of sp³-hybridized carbons (Fsp3) is 0.240. The van der Waals surface area contributed by atoms with Crippen LogP contribution in [0.1, 0.15) is 28.3 Å². The second kappa shape index (κ2) is 8.49. The summed E-state index contributed by atoms with van der Waals surface area (Å²) in [5.74, 6) is 1.20. The third-order valence-electron chi connectivity index (χ3n) is 5.57. The number of methoxy groups -OCH3 is 2. The number of hydrogen-bond donors (Lipinski definition) is 1. The summed E-state index contributed by atoms with van der Waals surface area (Å²) < 4.78 is 10.7. The van der Waals surface area contributed by atoms with Crippen molar-refractivity contribution >= 4 is 11.7 Å². The van der Waals surface area contributed by atoms with E-state index < -0.39 is 0 Å². The Hall–Kier alpha value is -3.47. The molecule has 0 unspecified atom stereocenters. The van der Waals surface area contributed by atoms with E-state index in [2.05, 4.69) is 54.7 Å². The highest BCUT2D eigenvalue weighted by Crippen LogP contribution is 2.36. The van der Waals surface area contributed by atoms with Gasteiger partial charge < -0.3 is 19.7 Å². The first kappa shape index (κ1) is 19.8. The number of hydrogen-bond acceptors (Lipinski definition) is 3. The van der Waals surface area contributed by atoms with Crippen LogP contribution in [0.4, 0.5) is 10.5 Å². The van der Waals surface area contributed by atoms with E-state index in [-0.39, 0.29) is 12.1 Å². The van der Waals surface area contributed by atoms with Gasteiger partial charge in [0.1, 0.15) is 0 Å². The lowest BCUT2D eigenvalue weighted by molar-refractivity contribution is 0.194. The molecular weight excluding hydrogens is 376 g/mol. The first-order chi connectivity index (χ1) is 14.6. The van der Waals surface area contributed by atoms with Crippen LogP contribution in [0.5, 0.6) is 11.5 Å². The summed E-state index contributed by atoms with van der Waals surface area (Å²) in [6, 6.07) is 21.9. The Morgan fingerprint density at radius 2 is 1.70 bits per heavy atom.